The van der Waals surface area contributed by atoms with Crippen molar-refractivity contribution in [3.8, 4) is 0 Å². The molecule has 1 aliphatic carbocycles. The molecule has 0 aromatic carbocycles. The van der Waals surface area contributed by atoms with Crippen LogP contribution in [0.4, 0.5) is 0 Å². The van der Waals surface area contributed by atoms with Crippen molar-refractivity contribution in [2.24, 2.45) is 0 Å². The summed E-state index contributed by atoms with van der Waals surface area (Å²) < 4.78 is 0. The largest absolute Gasteiger partial charge is 0.314 e. The SMILES string of the molecule is C=CCC(C)NCCCNC1CCCCC1. The molecule has 0 bridgehead atoms. The van der Waals surface area contributed by atoms with Gasteiger partial charge >= 0.3 is 0 Å². The predicted octanol–water partition coefficient (Wildman–Crippen LogP) is 2.85. The van der Waals surface area contributed by atoms with Gasteiger partial charge in [0.05, 0.1) is 0 Å². The van der Waals surface area contributed by atoms with Crippen molar-refractivity contribution in [1.82, 2.24) is 10.6 Å². The molecular weight excluding hydrogens is 196 g/mol. The highest BCUT2D eigenvalue weighted by atomic mass is 14.9. The molecule has 94 valence electrons. The Bertz CT molecular complexity index is 174. The average molecular weight is 224 g/mol. The summed E-state index contributed by atoms with van der Waals surface area (Å²) in [6.45, 7) is 8.26. The van der Waals surface area contributed by atoms with Gasteiger partial charge in [0.15, 0.2) is 0 Å². The van der Waals surface area contributed by atoms with Crippen molar-refractivity contribution in [1.29, 1.82) is 0 Å². The van der Waals surface area contributed by atoms with Gasteiger partial charge in [-0.25, -0.2) is 0 Å². The number of hydrogen-bond donors (Lipinski definition) is 2. The minimum absolute atomic E-state index is 0.576. The van der Waals surface area contributed by atoms with E-state index in [4.69, 9.17) is 0 Å². The molecule has 16 heavy (non-hydrogen) atoms. The number of rotatable bonds is 8. The van der Waals surface area contributed by atoms with E-state index in [1.54, 1.807) is 0 Å². The maximum atomic E-state index is 3.75. The van der Waals surface area contributed by atoms with Crippen LogP contribution in [-0.4, -0.2) is 25.2 Å². The molecular formula is C14H28N2. The summed E-state index contributed by atoms with van der Waals surface area (Å²) in [4.78, 5) is 0. The molecule has 0 aromatic rings. The zero-order chi connectivity index (χ0) is 11.6. The molecule has 0 heterocycles. The molecule has 0 saturated heterocycles. The normalized spacial score (nSPS) is 19.6. The first-order valence-corrected chi connectivity index (χ1v) is 6.90. The van der Waals surface area contributed by atoms with Gasteiger partial charge < -0.3 is 10.6 Å². The van der Waals surface area contributed by atoms with Gasteiger partial charge in [-0.2, -0.15) is 0 Å². The molecule has 0 spiro atoms. The van der Waals surface area contributed by atoms with E-state index in [0.717, 1.165) is 19.0 Å². The van der Waals surface area contributed by atoms with Crippen molar-refractivity contribution in [2.45, 2.75) is 64.0 Å². The molecule has 2 nitrogen and oxygen atoms in total. The predicted molar refractivity (Wildman–Crippen MR) is 71.8 cm³/mol. The van der Waals surface area contributed by atoms with Crippen LogP contribution in [0.5, 0.6) is 0 Å². The molecule has 1 aliphatic rings. The Morgan fingerprint density at radius 2 is 2.00 bits per heavy atom. The fraction of sp³-hybridized carbons (Fsp3) is 0.857. The highest BCUT2D eigenvalue weighted by molar-refractivity contribution is 4.75. The van der Waals surface area contributed by atoms with E-state index in [0.29, 0.717) is 6.04 Å². The van der Waals surface area contributed by atoms with Crippen molar-refractivity contribution in [3.05, 3.63) is 12.7 Å². The molecule has 1 atom stereocenters. The van der Waals surface area contributed by atoms with Crippen LogP contribution in [0.2, 0.25) is 0 Å². The van der Waals surface area contributed by atoms with Crippen LogP contribution < -0.4 is 10.6 Å². The zero-order valence-electron chi connectivity index (χ0n) is 10.8. The molecule has 1 rings (SSSR count). The minimum atomic E-state index is 0.576. The third-order valence-electron chi connectivity index (χ3n) is 3.40. The Labute approximate surface area is 101 Å². The molecule has 0 aromatic heterocycles. The highest BCUT2D eigenvalue weighted by Crippen LogP contribution is 2.16. The Balaban J connectivity index is 1.89. The van der Waals surface area contributed by atoms with E-state index >= 15 is 0 Å². The topological polar surface area (TPSA) is 24.1 Å². The fourth-order valence-corrected chi connectivity index (χ4v) is 2.38. The van der Waals surface area contributed by atoms with Crippen LogP contribution in [0.25, 0.3) is 0 Å². The Morgan fingerprint density at radius 1 is 1.25 bits per heavy atom. The molecule has 1 saturated carbocycles. The Hall–Kier alpha value is -0.340. The first-order chi connectivity index (χ1) is 7.83. The first-order valence-electron chi connectivity index (χ1n) is 6.90. The molecule has 0 amide bonds. The van der Waals surface area contributed by atoms with Crippen molar-refractivity contribution >= 4 is 0 Å². The van der Waals surface area contributed by atoms with E-state index in [2.05, 4.69) is 24.1 Å². The summed E-state index contributed by atoms with van der Waals surface area (Å²) in [7, 11) is 0. The maximum absolute atomic E-state index is 3.75. The number of hydrogen-bond acceptors (Lipinski definition) is 2. The van der Waals surface area contributed by atoms with E-state index in [1.807, 2.05) is 6.08 Å². The van der Waals surface area contributed by atoms with Crippen molar-refractivity contribution in [3.63, 3.8) is 0 Å². The lowest BCUT2D eigenvalue weighted by molar-refractivity contribution is 0.369. The van der Waals surface area contributed by atoms with E-state index in [-0.39, 0.29) is 0 Å². The lowest BCUT2D eigenvalue weighted by atomic mass is 9.95. The second kappa shape index (κ2) is 8.77. The summed E-state index contributed by atoms with van der Waals surface area (Å²) in [5.74, 6) is 0. The second-order valence-electron chi connectivity index (χ2n) is 5.02. The smallest absolute Gasteiger partial charge is 0.00731 e. The molecule has 0 aliphatic heterocycles. The molecule has 2 heteroatoms. The van der Waals surface area contributed by atoms with Gasteiger partial charge in [0, 0.05) is 12.1 Å². The average Bonchev–Trinajstić information content (AvgIpc) is 2.30. The van der Waals surface area contributed by atoms with Gasteiger partial charge in [0.2, 0.25) is 0 Å². The molecule has 1 fully saturated rings. The summed E-state index contributed by atoms with van der Waals surface area (Å²) >= 11 is 0. The second-order valence-corrected chi connectivity index (χ2v) is 5.02. The standard InChI is InChI=1S/C14H28N2/c1-3-8-13(2)15-11-7-12-16-14-9-5-4-6-10-14/h3,13-16H,1,4-12H2,2H3. The van der Waals surface area contributed by atoms with Gasteiger partial charge in [-0.05, 0) is 45.7 Å². The van der Waals surface area contributed by atoms with Crippen molar-refractivity contribution in [2.75, 3.05) is 13.1 Å². The van der Waals surface area contributed by atoms with Gasteiger partial charge in [0.1, 0.15) is 0 Å². The van der Waals surface area contributed by atoms with Crippen LogP contribution in [0, 0.1) is 0 Å². The van der Waals surface area contributed by atoms with Crippen molar-refractivity contribution < 1.29 is 0 Å². The van der Waals surface area contributed by atoms with Gasteiger partial charge in [0.25, 0.3) is 0 Å². The Kier molecular flexibility index (Phi) is 7.52. The van der Waals surface area contributed by atoms with E-state index in [1.165, 1.54) is 45.1 Å². The lowest BCUT2D eigenvalue weighted by Gasteiger charge is -2.23. The maximum Gasteiger partial charge on any atom is 0.00731 e. The minimum Gasteiger partial charge on any atom is -0.314 e. The fourth-order valence-electron chi connectivity index (χ4n) is 2.38. The van der Waals surface area contributed by atoms with E-state index in [9.17, 15) is 0 Å². The summed E-state index contributed by atoms with van der Waals surface area (Å²) in [5, 5.41) is 7.18. The first kappa shape index (κ1) is 13.7. The van der Waals surface area contributed by atoms with Crippen LogP contribution in [0.15, 0.2) is 12.7 Å². The molecule has 2 N–H and O–H groups in total. The summed E-state index contributed by atoms with van der Waals surface area (Å²) in [6, 6.07) is 1.38. The lowest BCUT2D eigenvalue weighted by Crippen LogP contribution is -2.34. The third-order valence-corrected chi connectivity index (χ3v) is 3.40. The quantitative estimate of drug-likeness (QED) is 0.489. The number of nitrogens with one attached hydrogen (secondary N) is 2. The summed E-state index contributed by atoms with van der Waals surface area (Å²) in [6.07, 6.45) is 11.4. The van der Waals surface area contributed by atoms with Crippen LogP contribution >= 0.6 is 0 Å². The van der Waals surface area contributed by atoms with Crippen LogP contribution in [-0.2, 0) is 0 Å². The molecule has 1 unspecified atom stereocenters. The van der Waals surface area contributed by atoms with Gasteiger partial charge in [-0.15, -0.1) is 6.58 Å². The van der Waals surface area contributed by atoms with E-state index < -0.39 is 0 Å². The van der Waals surface area contributed by atoms with Crippen LogP contribution in [0.3, 0.4) is 0 Å². The monoisotopic (exact) mass is 224 g/mol. The van der Waals surface area contributed by atoms with Gasteiger partial charge in [-0.3, -0.25) is 0 Å². The highest BCUT2D eigenvalue weighted by Gasteiger charge is 2.11. The third kappa shape index (κ3) is 6.29. The summed E-state index contributed by atoms with van der Waals surface area (Å²) in [5.41, 5.74) is 0. The zero-order valence-corrected chi connectivity index (χ0v) is 10.8. The Morgan fingerprint density at radius 3 is 2.69 bits per heavy atom. The van der Waals surface area contributed by atoms with Gasteiger partial charge in [-0.1, -0.05) is 25.3 Å². The molecule has 0 radical (unpaired) electrons. The van der Waals surface area contributed by atoms with Crippen LogP contribution in [0.1, 0.15) is 51.9 Å².